The van der Waals surface area contributed by atoms with Gasteiger partial charge in [-0.05, 0) is 48.0 Å². The number of carbonyl (C=O) groups is 1. The van der Waals surface area contributed by atoms with Crippen molar-refractivity contribution >= 4 is 58.3 Å². The predicted octanol–water partition coefficient (Wildman–Crippen LogP) is 7.22. The van der Waals surface area contributed by atoms with Crippen molar-refractivity contribution in [2.24, 2.45) is 0 Å². The fraction of sp³-hybridized carbons (Fsp3) is 0.0400. The van der Waals surface area contributed by atoms with E-state index in [-0.39, 0.29) is 4.88 Å². The summed E-state index contributed by atoms with van der Waals surface area (Å²) in [7, 11) is -3.08. The maximum atomic E-state index is 13.3. The quantitative estimate of drug-likeness (QED) is 0.235. The van der Waals surface area contributed by atoms with Crippen molar-refractivity contribution in [2.75, 3.05) is 11.8 Å². The molecular weight excluding hydrogens is 491 g/mol. The third-order valence-corrected chi connectivity index (χ3v) is 8.70. The number of aromatic carboxylic acids is 1. The van der Waals surface area contributed by atoms with Crippen LogP contribution in [0.2, 0.25) is 5.02 Å². The summed E-state index contributed by atoms with van der Waals surface area (Å²) in [6, 6.07) is 21.6. The largest absolute Gasteiger partial charge is 0.477 e. The van der Waals surface area contributed by atoms with Gasteiger partial charge in [0.25, 0.3) is 0 Å². The molecule has 0 bridgehead atoms. The van der Waals surface area contributed by atoms with E-state index in [4.69, 9.17) is 16.0 Å². The molecule has 1 atom stereocenters. The highest BCUT2D eigenvalue weighted by molar-refractivity contribution is 7.72. The molecule has 9 heteroatoms. The van der Waals surface area contributed by atoms with Crippen molar-refractivity contribution in [2.45, 2.75) is 0 Å². The molecule has 0 aliphatic carbocycles. The molecule has 0 saturated heterocycles. The fourth-order valence-corrected chi connectivity index (χ4v) is 6.25. The minimum atomic E-state index is -3.08. The number of aromatic nitrogens is 1. The van der Waals surface area contributed by atoms with E-state index in [2.05, 4.69) is 10.1 Å². The van der Waals surface area contributed by atoms with Crippen LogP contribution in [0.1, 0.15) is 9.67 Å². The Hall–Kier alpha value is -3.38. The molecule has 5 rings (SSSR count). The van der Waals surface area contributed by atoms with Crippen LogP contribution in [0.3, 0.4) is 0 Å². The van der Waals surface area contributed by atoms with Crippen LogP contribution in [-0.4, -0.2) is 22.7 Å². The average molecular weight is 509 g/mol. The highest BCUT2D eigenvalue weighted by Gasteiger charge is 2.24. The number of nitrogens with zero attached hydrogens (tertiary/aromatic N) is 1. The topological polar surface area (TPSA) is 92.4 Å². The summed E-state index contributed by atoms with van der Waals surface area (Å²) in [6.07, 6.45) is 1.72. The van der Waals surface area contributed by atoms with Crippen molar-refractivity contribution < 1.29 is 18.9 Å². The van der Waals surface area contributed by atoms with Gasteiger partial charge in [0.05, 0.1) is 5.69 Å². The molecule has 0 amide bonds. The van der Waals surface area contributed by atoms with Crippen LogP contribution in [0.25, 0.3) is 32.9 Å². The monoisotopic (exact) mass is 508 g/mol. The molecule has 0 radical (unpaired) electrons. The van der Waals surface area contributed by atoms with E-state index in [0.717, 1.165) is 32.9 Å². The Labute approximate surface area is 204 Å². The molecular formula is C25H18ClN2O4PS. The molecule has 34 heavy (non-hydrogen) atoms. The second kappa shape index (κ2) is 8.76. The van der Waals surface area contributed by atoms with Crippen LogP contribution in [0.15, 0.2) is 83.4 Å². The van der Waals surface area contributed by atoms with Crippen LogP contribution in [0.4, 0.5) is 5.69 Å². The lowest BCUT2D eigenvalue weighted by Crippen LogP contribution is -2.11. The van der Waals surface area contributed by atoms with E-state index >= 15 is 0 Å². The molecule has 0 aliphatic rings. The molecule has 3 heterocycles. The fourth-order valence-electron chi connectivity index (χ4n) is 3.61. The van der Waals surface area contributed by atoms with Crippen LogP contribution in [-0.2, 0) is 4.57 Å². The summed E-state index contributed by atoms with van der Waals surface area (Å²) < 4.78 is 19.2. The number of benzene rings is 2. The Morgan fingerprint density at radius 2 is 1.76 bits per heavy atom. The Kier molecular flexibility index (Phi) is 5.78. The molecule has 6 nitrogen and oxygen atoms in total. The van der Waals surface area contributed by atoms with Crippen molar-refractivity contribution in [3.8, 4) is 21.8 Å². The van der Waals surface area contributed by atoms with Gasteiger partial charge >= 0.3 is 5.97 Å². The Bertz CT molecular complexity index is 1530. The standard InChI is InChI=1S/C25H18ClN2O4PS/c1-33(31,18-10-8-17(26)9-11-18)28-20-14-23(34-24(20)25(29)30)16-6-4-15(5-7-16)22-13-19-21(32-22)3-2-12-27-19/h2-14H,1H3,(H,28,31)(H,29,30). The molecule has 0 fully saturated rings. The summed E-state index contributed by atoms with van der Waals surface area (Å²) in [5.74, 6) is -0.379. The molecule has 2 aromatic carbocycles. The predicted molar refractivity (Wildman–Crippen MR) is 138 cm³/mol. The summed E-state index contributed by atoms with van der Waals surface area (Å²) in [5.41, 5.74) is 3.55. The number of furan rings is 1. The Morgan fingerprint density at radius 3 is 2.44 bits per heavy atom. The van der Waals surface area contributed by atoms with Crippen LogP contribution in [0.5, 0.6) is 0 Å². The lowest BCUT2D eigenvalue weighted by atomic mass is 10.1. The third kappa shape index (κ3) is 4.38. The Morgan fingerprint density at radius 1 is 1.06 bits per heavy atom. The lowest BCUT2D eigenvalue weighted by Gasteiger charge is -2.16. The number of nitrogens with one attached hydrogen (secondary N) is 1. The molecule has 170 valence electrons. The van der Waals surface area contributed by atoms with Gasteiger partial charge in [-0.25, -0.2) is 4.79 Å². The highest BCUT2D eigenvalue weighted by Crippen LogP contribution is 2.45. The number of pyridine rings is 1. The first kappa shape index (κ1) is 22.4. The van der Waals surface area contributed by atoms with Gasteiger partial charge in [0, 0.05) is 39.7 Å². The van der Waals surface area contributed by atoms with Crippen molar-refractivity contribution in [1.82, 2.24) is 4.98 Å². The number of hydrogen-bond donors (Lipinski definition) is 2. The SMILES string of the molecule is CP(=O)(Nc1cc(-c2ccc(-c3cc4ncccc4o3)cc2)sc1C(=O)O)c1ccc(Cl)cc1. The first-order chi connectivity index (χ1) is 16.3. The third-order valence-electron chi connectivity index (χ3n) is 5.32. The van der Waals surface area contributed by atoms with E-state index in [1.54, 1.807) is 43.2 Å². The van der Waals surface area contributed by atoms with Gasteiger partial charge in [0.15, 0.2) is 12.9 Å². The summed E-state index contributed by atoms with van der Waals surface area (Å²) in [6.45, 7) is 1.57. The second-order valence-electron chi connectivity index (χ2n) is 7.75. The van der Waals surface area contributed by atoms with Crippen molar-refractivity contribution in [1.29, 1.82) is 0 Å². The zero-order valence-electron chi connectivity index (χ0n) is 17.9. The molecule has 3 aromatic heterocycles. The summed E-state index contributed by atoms with van der Waals surface area (Å²) >= 11 is 7.06. The number of hydrogen-bond acceptors (Lipinski definition) is 5. The van der Waals surface area contributed by atoms with Gasteiger partial charge < -0.3 is 14.6 Å². The first-order valence-corrected chi connectivity index (χ1v) is 13.6. The number of fused-ring (bicyclic) bond motifs is 1. The van der Waals surface area contributed by atoms with Crippen molar-refractivity contribution in [3.63, 3.8) is 0 Å². The van der Waals surface area contributed by atoms with E-state index in [0.29, 0.717) is 27.4 Å². The minimum Gasteiger partial charge on any atom is -0.477 e. The van der Waals surface area contributed by atoms with Gasteiger partial charge in [-0.15, -0.1) is 11.3 Å². The van der Waals surface area contributed by atoms with E-state index in [1.807, 2.05) is 42.5 Å². The molecule has 0 spiro atoms. The highest BCUT2D eigenvalue weighted by atomic mass is 35.5. The maximum Gasteiger partial charge on any atom is 0.348 e. The van der Waals surface area contributed by atoms with Gasteiger partial charge in [-0.1, -0.05) is 35.9 Å². The smallest absolute Gasteiger partial charge is 0.348 e. The number of carboxylic acids is 1. The minimum absolute atomic E-state index is 0.0958. The number of anilines is 1. The Balaban J connectivity index is 1.45. The van der Waals surface area contributed by atoms with Gasteiger partial charge in [0.1, 0.15) is 16.2 Å². The zero-order chi connectivity index (χ0) is 23.9. The van der Waals surface area contributed by atoms with Crippen LogP contribution in [0, 0.1) is 0 Å². The van der Waals surface area contributed by atoms with Crippen LogP contribution < -0.4 is 10.4 Å². The maximum absolute atomic E-state index is 13.3. The summed E-state index contributed by atoms with van der Waals surface area (Å²) in [5, 5.41) is 13.8. The van der Waals surface area contributed by atoms with E-state index in [9.17, 15) is 14.5 Å². The van der Waals surface area contributed by atoms with E-state index in [1.165, 1.54) is 0 Å². The normalized spacial score (nSPS) is 13.0. The molecule has 0 aliphatic heterocycles. The van der Waals surface area contributed by atoms with Crippen LogP contribution >= 0.6 is 30.2 Å². The van der Waals surface area contributed by atoms with Gasteiger partial charge in [-0.3, -0.25) is 9.55 Å². The molecule has 2 N–H and O–H groups in total. The second-order valence-corrected chi connectivity index (χ2v) is 11.8. The number of thiophene rings is 1. The molecule has 0 saturated carbocycles. The summed E-state index contributed by atoms with van der Waals surface area (Å²) in [4.78, 5) is 17.0. The van der Waals surface area contributed by atoms with Gasteiger partial charge in [0.2, 0.25) is 0 Å². The number of rotatable bonds is 6. The molecule has 5 aromatic rings. The zero-order valence-corrected chi connectivity index (χ0v) is 20.3. The van der Waals surface area contributed by atoms with Crippen molar-refractivity contribution in [3.05, 3.63) is 88.9 Å². The number of halogens is 1. The lowest BCUT2D eigenvalue weighted by molar-refractivity contribution is 0.0703. The number of carboxylic acid groups (broad SMARTS) is 1. The molecule has 1 unspecified atom stereocenters. The van der Waals surface area contributed by atoms with E-state index < -0.39 is 13.3 Å². The van der Waals surface area contributed by atoms with Gasteiger partial charge in [-0.2, -0.15) is 0 Å². The average Bonchev–Trinajstić information content (AvgIpc) is 3.44. The first-order valence-electron chi connectivity index (χ1n) is 10.2.